The van der Waals surface area contributed by atoms with E-state index < -0.39 is 0 Å². The van der Waals surface area contributed by atoms with Crippen LogP contribution in [0.25, 0.3) is 0 Å². The number of nitrogen functional groups attached to an aromatic ring is 1. The van der Waals surface area contributed by atoms with Crippen LogP contribution in [-0.2, 0) is 6.54 Å². The van der Waals surface area contributed by atoms with Crippen LogP contribution >= 0.6 is 0 Å². The van der Waals surface area contributed by atoms with Gasteiger partial charge in [0.25, 0.3) is 0 Å². The molecule has 0 bridgehead atoms. The summed E-state index contributed by atoms with van der Waals surface area (Å²) >= 11 is 0. The van der Waals surface area contributed by atoms with Gasteiger partial charge in [-0.25, -0.2) is 9.97 Å². The summed E-state index contributed by atoms with van der Waals surface area (Å²) in [6.45, 7) is 2.38. The summed E-state index contributed by atoms with van der Waals surface area (Å²) in [6, 6.07) is 1.78. The average Bonchev–Trinajstić information content (AvgIpc) is 2.73. The molecule has 0 unspecified atom stereocenters. The van der Waals surface area contributed by atoms with E-state index in [1.165, 1.54) is 6.33 Å². The van der Waals surface area contributed by atoms with Crippen molar-refractivity contribution < 1.29 is 4.52 Å². The minimum Gasteiger partial charge on any atom is -0.383 e. The zero-order valence-electron chi connectivity index (χ0n) is 8.27. The number of anilines is 2. The number of nitrogens with zero attached hydrogens (tertiary/aromatic N) is 3. The smallest absolute Gasteiger partial charge is 0.155 e. The van der Waals surface area contributed by atoms with Crippen molar-refractivity contribution in [1.82, 2.24) is 15.1 Å². The van der Waals surface area contributed by atoms with Gasteiger partial charge in [0.2, 0.25) is 0 Å². The van der Waals surface area contributed by atoms with Crippen molar-refractivity contribution >= 4 is 11.6 Å². The summed E-state index contributed by atoms with van der Waals surface area (Å²) in [7, 11) is 0. The summed E-state index contributed by atoms with van der Waals surface area (Å²) in [5.41, 5.74) is 6.47. The first kappa shape index (κ1) is 9.45. The molecule has 2 aromatic rings. The van der Waals surface area contributed by atoms with Crippen molar-refractivity contribution in [3.05, 3.63) is 29.9 Å². The molecular formula is C9H11N5O. The highest BCUT2D eigenvalue weighted by Crippen LogP contribution is 2.15. The molecule has 0 fully saturated rings. The van der Waals surface area contributed by atoms with Crippen LogP contribution in [-0.4, -0.2) is 15.1 Å². The molecule has 3 N–H and O–H groups in total. The first-order valence-electron chi connectivity index (χ1n) is 4.48. The largest absolute Gasteiger partial charge is 0.383 e. The van der Waals surface area contributed by atoms with E-state index in [0.717, 1.165) is 11.3 Å². The van der Waals surface area contributed by atoms with E-state index in [4.69, 9.17) is 10.3 Å². The monoisotopic (exact) mass is 205 g/mol. The molecule has 2 heterocycles. The molecule has 2 aromatic heterocycles. The standard InChI is InChI=1S/C9H11N5O/c1-6-8(10)12-5-13-9(6)11-4-7-2-3-14-15-7/h2-3,5H,4H2,1H3,(H3,10,11,12,13). The minimum atomic E-state index is 0.477. The molecule has 0 aromatic carbocycles. The quantitative estimate of drug-likeness (QED) is 0.775. The predicted molar refractivity (Wildman–Crippen MR) is 55.0 cm³/mol. The second-order valence-electron chi connectivity index (χ2n) is 3.06. The molecule has 0 saturated carbocycles. The summed E-state index contributed by atoms with van der Waals surface area (Å²) in [4.78, 5) is 7.95. The number of nitrogens with two attached hydrogens (primary N) is 1. The molecule has 0 saturated heterocycles. The maximum absolute atomic E-state index is 5.64. The maximum atomic E-state index is 5.64. The van der Waals surface area contributed by atoms with Crippen LogP contribution in [0.4, 0.5) is 11.6 Å². The Labute approximate surface area is 86.5 Å². The van der Waals surface area contributed by atoms with Gasteiger partial charge in [0, 0.05) is 11.6 Å². The van der Waals surface area contributed by atoms with E-state index in [2.05, 4.69) is 20.4 Å². The van der Waals surface area contributed by atoms with Crippen LogP contribution in [0.15, 0.2) is 23.1 Å². The van der Waals surface area contributed by atoms with Gasteiger partial charge >= 0.3 is 0 Å². The van der Waals surface area contributed by atoms with Crippen LogP contribution in [0, 0.1) is 6.92 Å². The third-order valence-corrected chi connectivity index (χ3v) is 2.04. The van der Waals surface area contributed by atoms with Gasteiger partial charge in [0.05, 0.1) is 12.7 Å². The van der Waals surface area contributed by atoms with Crippen LogP contribution in [0.1, 0.15) is 11.3 Å². The number of rotatable bonds is 3. The second kappa shape index (κ2) is 3.95. The van der Waals surface area contributed by atoms with Gasteiger partial charge in [-0.15, -0.1) is 0 Å². The third kappa shape index (κ3) is 2.04. The number of hydrogen-bond acceptors (Lipinski definition) is 6. The van der Waals surface area contributed by atoms with Crippen molar-refractivity contribution in [2.45, 2.75) is 13.5 Å². The summed E-state index contributed by atoms with van der Waals surface area (Å²) in [5, 5.41) is 6.69. The lowest BCUT2D eigenvalue weighted by Crippen LogP contribution is -2.05. The Balaban J connectivity index is 2.08. The third-order valence-electron chi connectivity index (χ3n) is 2.04. The Bertz CT molecular complexity index is 440. The lowest BCUT2D eigenvalue weighted by atomic mass is 10.3. The van der Waals surface area contributed by atoms with Crippen molar-refractivity contribution in [2.24, 2.45) is 0 Å². The van der Waals surface area contributed by atoms with Gasteiger partial charge in [-0.2, -0.15) is 0 Å². The highest BCUT2D eigenvalue weighted by molar-refractivity contribution is 5.53. The fourth-order valence-electron chi connectivity index (χ4n) is 1.15. The van der Waals surface area contributed by atoms with Crippen LogP contribution < -0.4 is 11.1 Å². The van der Waals surface area contributed by atoms with E-state index in [0.29, 0.717) is 18.2 Å². The van der Waals surface area contributed by atoms with E-state index in [-0.39, 0.29) is 0 Å². The Kier molecular flexibility index (Phi) is 2.49. The van der Waals surface area contributed by atoms with Gasteiger partial charge < -0.3 is 15.6 Å². The SMILES string of the molecule is Cc1c(N)ncnc1NCc1ccno1. The van der Waals surface area contributed by atoms with Gasteiger partial charge in [-0.1, -0.05) is 5.16 Å². The Hall–Kier alpha value is -2.11. The lowest BCUT2D eigenvalue weighted by molar-refractivity contribution is 0.388. The van der Waals surface area contributed by atoms with Crippen molar-refractivity contribution in [2.75, 3.05) is 11.1 Å². The lowest BCUT2D eigenvalue weighted by Gasteiger charge is -2.07. The molecule has 78 valence electrons. The van der Waals surface area contributed by atoms with Gasteiger partial charge in [0.1, 0.15) is 18.0 Å². The van der Waals surface area contributed by atoms with Crippen LogP contribution in [0.3, 0.4) is 0 Å². The molecule has 15 heavy (non-hydrogen) atoms. The van der Waals surface area contributed by atoms with E-state index in [9.17, 15) is 0 Å². The molecule has 6 nitrogen and oxygen atoms in total. The van der Waals surface area contributed by atoms with Crippen molar-refractivity contribution in [1.29, 1.82) is 0 Å². The molecule has 0 aliphatic heterocycles. The fourth-order valence-corrected chi connectivity index (χ4v) is 1.15. The Morgan fingerprint density at radius 2 is 2.33 bits per heavy atom. The summed E-state index contributed by atoms with van der Waals surface area (Å²) in [5.74, 6) is 1.93. The van der Waals surface area contributed by atoms with Gasteiger partial charge in [0.15, 0.2) is 5.76 Å². The highest BCUT2D eigenvalue weighted by Gasteiger charge is 2.04. The number of nitrogens with one attached hydrogen (secondary N) is 1. The number of aromatic nitrogens is 3. The molecule has 0 aliphatic carbocycles. The first-order valence-corrected chi connectivity index (χ1v) is 4.48. The maximum Gasteiger partial charge on any atom is 0.155 e. The molecule has 2 rings (SSSR count). The Morgan fingerprint density at radius 3 is 3.07 bits per heavy atom. The van der Waals surface area contributed by atoms with Crippen LogP contribution in [0.2, 0.25) is 0 Å². The zero-order chi connectivity index (χ0) is 10.7. The Morgan fingerprint density at radius 1 is 1.47 bits per heavy atom. The molecule has 0 amide bonds. The summed E-state index contributed by atoms with van der Waals surface area (Å²) in [6.07, 6.45) is 3.02. The molecule has 0 atom stereocenters. The predicted octanol–water partition coefficient (Wildman–Crippen LogP) is 0.967. The van der Waals surface area contributed by atoms with Gasteiger partial charge in [-0.3, -0.25) is 0 Å². The average molecular weight is 205 g/mol. The van der Waals surface area contributed by atoms with E-state index >= 15 is 0 Å². The molecule has 0 aliphatic rings. The zero-order valence-corrected chi connectivity index (χ0v) is 8.27. The topological polar surface area (TPSA) is 89.9 Å². The fraction of sp³-hybridized carbons (Fsp3) is 0.222. The molecule has 6 heteroatoms. The molecule has 0 radical (unpaired) electrons. The number of hydrogen-bond donors (Lipinski definition) is 2. The normalized spacial score (nSPS) is 10.2. The first-order chi connectivity index (χ1) is 7.27. The van der Waals surface area contributed by atoms with Crippen molar-refractivity contribution in [3.8, 4) is 0 Å². The molecular weight excluding hydrogens is 194 g/mol. The minimum absolute atomic E-state index is 0.477. The van der Waals surface area contributed by atoms with Crippen LogP contribution in [0.5, 0.6) is 0 Å². The molecule has 0 spiro atoms. The highest BCUT2D eigenvalue weighted by atomic mass is 16.5. The van der Waals surface area contributed by atoms with E-state index in [1.807, 2.05) is 6.92 Å². The van der Waals surface area contributed by atoms with Gasteiger partial charge in [-0.05, 0) is 6.92 Å². The van der Waals surface area contributed by atoms with Crippen molar-refractivity contribution in [3.63, 3.8) is 0 Å². The second-order valence-corrected chi connectivity index (χ2v) is 3.06. The van der Waals surface area contributed by atoms with E-state index in [1.54, 1.807) is 12.3 Å². The summed E-state index contributed by atoms with van der Waals surface area (Å²) < 4.78 is 4.94.